The Bertz CT molecular complexity index is 853. The number of hydrogen-bond acceptors (Lipinski definition) is 5. The SMILES string of the molecule is O=C1CCN(C/C=C/CCSNC2(c3ccc(F)c(OCC4CCCC4)c3)CC2)C(=O)N1. The molecule has 1 aromatic carbocycles. The summed E-state index contributed by atoms with van der Waals surface area (Å²) in [6.07, 6.45) is 12.2. The molecule has 1 saturated heterocycles. The fourth-order valence-electron chi connectivity index (χ4n) is 4.28. The molecule has 0 unspecified atom stereocenters. The van der Waals surface area contributed by atoms with E-state index >= 15 is 0 Å². The first kappa shape index (κ1) is 23.1. The Balaban J connectivity index is 1.19. The van der Waals surface area contributed by atoms with Gasteiger partial charge in [0.15, 0.2) is 11.6 Å². The zero-order chi connectivity index (χ0) is 22.4. The molecule has 8 heteroatoms. The maximum absolute atomic E-state index is 14.3. The number of nitrogens with one attached hydrogen (secondary N) is 2. The first-order valence-corrected chi connectivity index (χ1v) is 12.6. The molecule has 0 aromatic heterocycles. The Hall–Kier alpha value is -2.06. The summed E-state index contributed by atoms with van der Waals surface area (Å²) in [5, 5.41) is 2.33. The summed E-state index contributed by atoms with van der Waals surface area (Å²) in [4.78, 5) is 24.5. The van der Waals surface area contributed by atoms with Gasteiger partial charge in [0.25, 0.3) is 0 Å². The maximum atomic E-state index is 14.3. The Labute approximate surface area is 193 Å². The van der Waals surface area contributed by atoms with Crippen molar-refractivity contribution < 1.29 is 18.7 Å². The van der Waals surface area contributed by atoms with Crippen molar-refractivity contribution in [3.8, 4) is 5.75 Å². The quantitative estimate of drug-likeness (QED) is 0.288. The van der Waals surface area contributed by atoms with E-state index in [0.29, 0.717) is 37.8 Å². The van der Waals surface area contributed by atoms with E-state index < -0.39 is 0 Å². The number of ether oxygens (including phenoxy) is 1. The molecule has 3 aliphatic rings. The van der Waals surface area contributed by atoms with E-state index in [2.05, 4.69) is 16.1 Å². The lowest BCUT2D eigenvalue weighted by molar-refractivity contribution is -0.121. The van der Waals surface area contributed by atoms with Crippen LogP contribution in [0, 0.1) is 11.7 Å². The van der Waals surface area contributed by atoms with Gasteiger partial charge in [-0.25, -0.2) is 9.18 Å². The van der Waals surface area contributed by atoms with Crippen LogP contribution in [0.2, 0.25) is 0 Å². The first-order chi connectivity index (χ1) is 15.6. The minimum atomic E-state index is -0.316. The van der Waals surface area contributed by atoms with E-state index in [1.54, 1.807) is 16.8 Å². The molecule has 1 aromatic rings. The largest absolute Gasteiger partial charge is 0.490 e. The second kappa shape index (κ2) is 10.7. The van der Waals surface area contributed by atoms with Gasteiger partial charge >= 0.3 is 6.03 Å². The lowest BCUT2D eigenvalue weighted by Gasteiger charge is -2.25. The number of carbonyl (C=O) groups is 2. The molecule has 0 radical (unpaired) electrons. The number of nitrogens with zero attached hydrogens (tertiary/aromatic N) is 1. The molecule has 3 fully saturated rings. The van der Waals surface area contributed by atoms with Crippen molar-refractivity contribution in [1.29, 1.82) is 0 Å². The van der Waals surface area contributed by atoms with Gasteiger partial charge in [-0.1, -0.05) is 43.0 Å². The number of urea groups is 1. The Kier molecular flexibility index (Phi) is 7.73. The molecule has 3 amide bonds. The van der Waals surface area contributed by atoms with Crippen molar-refractivity contribution in [2.24, 2.45) is 5.92 Å². The van der Waals surface area contributed by atoms with E-state index in [0.717, 1.165) is 30.6 Å². The Morgan fingerprint density at radius 3 is 2.81 bits per heavy atom. The van der Waals surface area contributed by atoms with Gasteiger partial charge in [0.2, 0.25) is 5.91 Å². The third-order valence-electron chi connectivity index (χ3n) is 6.47. The van der Waals surface area contributed by atoms with E-state index in [4.69, 9.17) is 4.74 Å². The first-order valence-electron chi connectivity index (χ1n) is 11.6. The van der Waals surface area contributed by atoms with Crippen LogP contribution in [0.5, 0.6) is 5.75 Å². The van der Waals surface area contributed by atoms with Crippen LogP contribution in [0.25, 0.3) is 0 Å². The third kappa shape index (κ3) is 6.04. The number of halogens is 1. The van der Waals surface area contributed by atoms with Gasteiger partial charge in [0.05, 0.1) is 12.1 Å². The van der Waals surface area contributed by atoms with Gasteiger partial charge in [-0.2, -0.15) is 0 Å². The van der Waals surface area contributed by atoms with Crippen LogP contribution >= 0.6 is 11.9 Å². The molecule has 1 heterocycles. The van der Waals surface area contributed by atoms with E-state index in [1.165, 1.54) is 31.7 Å². The van der Waals surface area contributed by atoms with E-state index in [1.807, 2.05) is 18.2 Å². The summed E-state index contributed by atoms with van der Waals surface area (Å²) < 4.78 is 23.7. The molecule has 0 bridgehead atoms. The van der Waals surface area contributed by atoms with Crippen molar-refractivity contribution in [3.63, 3.8) is 0 Å². The predicted molar refractivity (Wildman–Crippen MR) is 124 cm³/mol. The molecule has 2 N–H and O–H groups in total. The number of hydrogen-bond donors (Lipinski definition) is 2. The molecule has 32 heavy (non-hydrogen) atoms. The van der Waals surface area contributed by atoms with Crippen molar-refractivity contribution in [3.05, 3.63) is 41.7 Å². The van der Waals surface area contributed by atoms with Crippen molar-refractivity contribution >= 4 is 23.9 Å². The normalized spacial score (nSPS) is 20.7. The average Bonchev–Trinajstić information content (AvgIpc) is 3.38. The maximum Gasteiger partial charge on any atom is 0.324 e. The third-order valence-corrected chi connectivity index (χ3v) is 7.45. The molecule has 0 atom stereocenters. The molecule has 2 saturated carbocycles. The van der Waals surface area contributed by atoms with Crippen molar-refractivity contribution in [1.82, 2.24) is 14.9 Å². The zero-order valence-electron chi connectivity index (χ0n) is 18.4. The van der Waals surface area contributed by atoms with Crippen molar-refractivity contribution in [2.45, 2.75) is 56.9 Å². The fraction of sp³-hybridized carbons (Fsp3) is 0.583. The fourth-order valence-corrected chi connectivity index (χ4v) is 5.23. The Morgan fingerprint density at radius 2 is 2.06 bits per heavy atom. The summed E-state index contributed by atoms with van der Waals surface area (Å²) in [7, 11) is 0. The predicted octanol–water partition coefficient (Wildman–Crippen LogP) is 4.51. The lowest BCUT2D eigenvalue weighted by atomic mass is 10.1. The van der Waals surface area contributed by atoms with Gasteiger partial charge in [-0.15, -0.1) is 0 Å². The molecule has 2 aliphatic carbocycles. The highest BCUT2D eigenvalue weighted by Gasteiger charge is 2.44. The van der Waals surface area contributed by atoms with Gasteiger partial charge in [0, 0.05) is 25.3 Å². The molecule has 4 rings (SSSR count). The van der Waals surface area contributed by atoms with Gasteiger partial charge in [-0.3, -0.25) is 14.8 Å². The van der Waals surface area contributed by atoms with Crippen LogP contribution in [0.15, 0.2) is 30.4 Å². The van der Waals surface area contributed by atoms with Gasteiger partial charge in [0.1, 0.15) is 0 Å². The summed E-state index contributed by atoms with van der Waals surface area (Å²) in [6, 6.07) is 4.95. The number of rotatable bonds is 11. The minimum absolute atomic E-state index is 0.0913. The van der Waals surface area contributed by atoms with Gasteiger partial charge in [-0.05, 0) is 55.7 Å². The van der Waals surface area contributed by atoms with E-state index in [9.17, 15) is 14.0 Å². The van der Waals surface area contributed by atoms with Crippen LogP contribution in [0.1, 0.15) is 56.9 Å². The van der Waals surface area contributed by atoms with Crippen LogP contribution in [-0.4, -0.2) is 42.3 Å². The van der Waals surface area contributed by atoms with Crippen LogP contribution in [0.4, 0.5) is 9.18 Å². The number of amides is 3. The summed E-state index contributed by atoms with van der Waals surface area (Å²) >= 11 is 1.67. The number of imide groups is 1. The number of allylic oxidation sites excluding steroid dienone is 1. The highest BCUT2D eigenvalue weighted by atomic mass is 32.2. The second-order valence-corrected chi connectivity index (χ2v) is 9.85. The summed E-state index contributed by atoms with van der Waals surface area (Å²) in [6.45, 7) is 1.59. The molecule has 6 nitrogen and oxygen atoms in total. The summed E-state index contributed by atoms with van der Waals surface area (Å²) in [5.74, 6) is 1.34. The highest BCUT2D eigenvalue weighted by Crippen LogP contribution is 2.48. The van der Waals surface area contributed by atoms with Crippen LogP contribution in [0.3, 0.4) is 0 Å². The standard InChI is InChI=1S/C24H32FN3O3S/c25-20-9-8-19(16-21(20)31-17-18-6-2-3-7-18)24(11-12-24)27-32-15-5-1-4-13-28-14-10-22(29)26-23(28)30/h1,4,8-9,16,18,27H,2-3,5-7,10-15,17H2,(H,26,29,30)/b4-1+. The summed E-state index contributed by atoms with van der Waals surface area (Å²) in [5.41, 5.74) is 1.00. The zero-order valence-corrected chi connectivity index (χ0v) is 19.2. The molecule has 174 valence electrons. The molecule has 0 spiro atoms. The van der Waals surface area contributed by atoms with Crippen LogP contribution in [-0.2, 0) is 10.3 Å². The molecular formula is C24H32FN3O3S. The second-order valence-electron chi connectivity index (χ2n) is 8.95. The Morgan fingerprint density at radius 1 is 1.25 bits per heavy atom. The minimum Gasteiger partial charge on any atom is -0.490 e. The highest BCUT2D eigenvalue weighted by molar-refractivity contribution is 7.97. The average molecular weight is 462 g/mol. The van der Waals surface area contributed by atoms with Crippen LogP contribution < -0.4 is 14.8 Å². The van der Waals surface area contributed by atoms with E-state index in [-0.39, 0.29) is 23.3 Å². The number of carbonyl (C=O) groups excluding carboxylic acids is 2. The molecule has 1 aliphatic heterocycles. The number of benzene rings is 1. The lowest BCUT2D eigenvalue weighted by Crippen LogP contribution is -2.49. The topological polar surface area (TPSA) is 70.7 Å². The van der Waals surface area contributed by atoms with Crippen molar-refractivity contribution in [2.75, 3.05) is 25.4 Å². The monoisotopic (exact) mass is 461 g/mol. The van der Waals surface area contributed by atoms with Gasteiger partial charge < -0.3 is 9.64 Å². The molecular weight excluding hydrogens is 429 g/mol. The smallest absolute Gasteiger partial charge is 0.324 e.